The van der Waals surface area contributed by atoms with E-state index in [0.29, 0.717) is 44.8 Å². The Hall–Kier alpha value is -2.18. The Kier molecular flexibility index (Phi) is 4.56. The molecule has 0 unspecified atom stereocenters. The number of hydrogen-bond acceptors (Lipinski definition) is 4. The van der Waals surface area contributed by atoms with Gasteiger partial charge in [0, 0.05) is 38.5 Å². The van der Waals surface area contributed by atoms with Crippen molar-refractivity contribution < 1.29 is 14.3 Å². The quantitative estimate of drug-likeness (QED) is 0.817. The van der Waals surface area contributed by atoms with Gasteiger partial charge < -0.3 is 14.4 Å². The smallest absolute Gasteiger partial charge is 0.274 e. The van der Waals surface area contributed by atoms with Gasteiger partial charge in [0.05, 0.1) is 18.9 Å². The van der Waals surface area contributed by atoms with Crippen LogP contribution in [0.25, 0.3) is 11.3 Å². The van der Waals surface area contributed by atoms with Gasteiger partial charge in [-0.25, -0.2) is 0 Å². The zero-order valence-electron chi connectivity index (χ0n) is 16.5. The van der Waals surface area contributed by atoms with Crippen molar-refractivity contribution in [2.45, 2.75) is 39.4 Å². The highest BCUT2D eigenvalue weighted by atomic mass is 16.7. The molecule has 1 aromatic carbocycles. The van der Waals surface area contributed by atoms with Gasteiger partial charge in [-0.05, 0) is 38.0 Å². The van der Waals surface area contributed by atoms with Crippen LogP contribution < -0.4 is 0 Å². The van der Waals surface area contributed by atoms with E-state index in [1.807, 2.05) is 22.7 Å². The number of likely N-dealkylation sites (tertiary alicyclic amines) is 1. The topological polar surface area (TPSA) is 56.6 Å². The number of amides is 1. The van der Waals surface area contributed by atoms with Crippen molar-refractivity contribution in [3.8, 4) is 11.3 Å². The molecule has 3 heterocycles. The van der Waals surface area contributed by atoms with Gasteiger partial charge in [0.25, 0.3) is 5.91 Å². The number of carbonyl (C=O) groups is 1. The number of piperidine rings is 1. The summed E-state index contributed by atoms with van der Waals surface area (Å²) < 4.78 is 13.3. The van der Waals surface area contributed by atoms with Gasteiger partial charge in [0.15, 0.2) is 11.5 Å². The number of carbonyl (C=O) groups excluding carboxylic acids is 1. The molecule has 0 bridgehead atoms. The van der Waals surface area contributed by atoms with E-state index in [1.165, 1.54) is 16.7 Å². The third kappa shape index (κ3) is 3.28. The maximum Gasteiger partial charge on any atom is 0.274 e. The molecule has 0 saturated carbocycles. The third-order valence-corrected chi connectivity index (χ3v) is 5.66. The molecular weight excluding hydrogens is 342 g/mol. The molecule has 27 heavy (non-hydrogen) atoms. The monoisotopic (exact) mass is 369 g/mol. The standard InChI is InChI=1S/C21H27N3O3/c1-14-11-15(2)19(16(3)12-14)18-13-17(22-23(18)4)20(25)24-7-5-21(6-8-24)26-9-10-27-21/h11-13H,5-10H2,1-4H3. The predicted octanol–water partition coefficient (Wildman–Crippen LogP) is 2.99. The minimum atomic E-state index is -0.470. The highest BCUT2D eigenvalue weighted by Crippen LogP contribution is 2.32. The molecule has 6 heteroatoms. The van der Waals surface area contributed by atoms with Gasteiger partial charge in [-0.2, -0.15) is 5.10 Å². The van der Waals surface area contributed by atoms with Crippen LogP contribution in [0.2, 0.25) is 0 Å². The number of aryl methyl sites for hydroxylation is 4. The highest BCUT2D eigenvalue weighted by molar-refractivity contribution is 5.93. The van der Waals surface area contributed by atoms with Crippen LogP contribution in [0.4, 0.5) is 0 Å². The molecule has 0 N–H and O–H groups in total. The molecule has 144 valence electrons. The lowest BCUT2D eigenvalue weighted by Gasteiger charge is -2.37. The average Bonchev–Trinajstić information content (AvgIpc) is 3.22. The first-order chi connectivity index (χ1) is 12.9. The van der Waals surface area contributed by atoms with Crippen LogP contribution >= 0.6 is 0 Å². The Bertz CT molecular complexity index is 848. The summed E-state index contributed by atoms with van der Waals surface area (Å²) in [6.07, 6.45) is 1.43. The van der Waals surface area contributed by atoms with Gasteiger partial charge in [-0.1, -0.05) is 17.7 Å². The molecule has 0 radical (unpaired) electrons. The number of hydrogen-bond donors (Lipinski definition) is 0. The van der Waals surface area contributed by atoms with E-state index in [2.05, 4.69) is 38.0 Å². The summed E-state index contributed by atoms with van der Waals surface area (Å²) in [6, 6.07) is 6.25. The molecular formula is C21H27N3O3. The van der Waals surface area contributed by atoms with Crippen molar-refractivity contribution in [1.29, 1.82) is 0 Å². The molecule has 2 fully saturated rings. The van der Waals surface area contributed by atoms with Gasteiger partial charge in [-0.3, -0.25) is 9.48 Å². The molecule has 4 rings (SSSR count). The van der Waals surface area contributed by atoms with Crippen LogP contribution in [0.15, 0.2) is 18.2 Å². The van der Waals surface area contributed by atoms with Crippen LogP contribution in [-0.2, 0) is 16.5 Å². The Morgan fingerprint density at radius 2 is 1.63 bits per heavy atom. The fraction of sp³-hybridized carbons (Fsp3) is 0.524. The fourth-order valence-corrected chi connectivity index (χ4v) is 4.39. The van der Waals surface area contributed by atoms with Crippen LogP contribution in [0.1, 0.15) is 40.0 Å². The van der Waals surface area contributed by atoms with Crippen LogP contribution in [-0.4, -0.2) is 52.7 Å². The lowest BCUT2D eigenvalue weighted by Crippen LogP contribution is -2.47. The minimum absolute atomic E-state index is 0.0212. The Morgan fingerprint density at radius 1 is 1.04 bits per heavy atom. The maximum absolute atomic E-state index is 13.0. The van der Waals surface area contributed by atoms with Crippen molar-refractivity contribution in [2.24, 2.45) is 7.05 Å². The van der Waals surface area contributed by atoms with E-state index >= 15 is 0 Å². The van der Waals surface area contributed by atoms with E-state index < -0.39 is 5.79 Å². The van der Waals surface area contributed by atoms with Crippen molar-refractivity contribution in [1.82, 2.24) is 14.7 Å². The molecule has 6 nitrogen and oxygen atoms in total. The van der Waals surface area contributed by atoms with E-state index in [4.69, 9.17) is 9.47 Å². The van der Waals surface area contributed by atoms with Crippen molar-refractivity contribution in [3.63, 3.8) is 0 Å². The molecule has 1 spiro atoms. The average molecular weight is 369 g/mol. The molecule has 1 aromatic heterocycles. The summed E-state index contributed by atoms with van der Waals surface area (Å²) in [4.78, 5) is 14.9. The predicted molar refractivity (Wildman–Crippen MR) is 103 cm³/mol. The summed E-state index contributed by atoms with van der Waals surface area (Å²) in [5.41, 5.74) is 6.26. The summed E-state index contributed by atoms with van der Waals surface area (Å²) in [6.45, 7) is 8.87. The second-order valence-electron chi connectivity index (χ2n) is 7.71. The number of aromatic nitrogens is 2. The SMILES string of the molecule is Cc1cc(C)c(-c2cc(C(=O)N3CCC4(CC3)OCCO4)nn2C)c(C)c1. The molecule has 0 atom stereocenters. The number of benzene rings is 1. The second kappa shape index (κ2) is 6.77. The van der Waals surface area contributed by atoms with Gasteiger partial charge in [0.1, 0.15) is 0 Å². The van der Waals surface area contributed by atoms with Crippen LogP contribution in [0.5, 0.6) is 0 Å². The number of rotatable bonds is 2. The van der Waals surface area contributed by atoms with Crippen molar-refractivity contribution in [2.75, 3.05) is 26.3 Å². The molecule has 1 amide bonds. The first-order valence-corrected chi connectivity index (χ1v) is 9.58. The van der Waals surface area contributed by atoms with Crippen LogP contribution in [0, 0.1) is 20.8 Å². The van der Waals surface area contributed by atoms with Crippen LogP contribution in [0.3, 0.4) is 0 Å². The zero-order valence-corrected chi connectivity index (χ0v) is 16.5. The number of ether oxygens (including phenoxy) is 2. The third-order valence-electron chi connectivity index (χ3n) is 5.66. The van der Waals surface area contributed by atoms with Crippen molar-refractivity contribution >= 4 is 5.91 Å². The molecule has 2 aliphatic heterocycles. The molecule has 2 aliphatic rings. The molecule has 2 aromatic rings. The lowest BCUT2D eigenvalue weighted by molar-refractivity contribution is -0.181. The Balaban J connectivity index is 1.56. The van der Waals surface area contributed by atoms with Gasteiger partial charge in [0.2, 0.25) is 0 Å². The van der Waals surface area contributed by atoms with Gasteiger partial charge >= 0.3 is 0 Å². The second-order valence-corrected chi connectivity index (χ2v) is 7.71. The van der Waals surface area contributed by atoms with E-state index in [1.54, 1.807) is 0 Å². The Morgan fingerprint density at radius 3 is 2.22 bits per heavy atom. The summed E-state index contributed by atoms with van der Waals surface area (Å²) >= 11 is 0. The largest absolute Gasteiger partial charge is 0.347 e. The minimum Gasteiger partial charge on any atom is -0.347 e. The number of nitrogens with zero attached hydrogens (tertiary/aromatic N) is 3. The molecule has 0 aliphatic carbocycles. The lowest BCUT2D eigenvalue weighted by atomic mass is 9.97. The highest BCUT2D eigenvalue weighted by Gasteiger charge is 2.41. The first-order valence-electron chi connectivity index (χ1n) is 9.58. The Labute approximate surface area is 160 Å². The van der Waals surface area contributed by atoms with E-state index in [0.717, 1.165) is 11.3 Å². The molecule has 2 saturated heterocycles. The van der Waals surface area contributed by atoms with Gasteiger partial charge in [-0.15, -0.1) is 0 Å². The zero-order chi connectivity index (χ0) is 19.2. The van der Waals surface area contributed by atoms with E-state index in [-0.39, 0.29) is 5.91 Å². The van der Waals surface area contributed by atoms with E-state index in [9.17, 15) is 4.79 Å². The fourth-order valence-electron chi connectivity index (χ4n) is 4.39. The summed E-state index contributed by atoms with van der Waals surface area (Å²) in [7, 11) is 1.90. The summed E-state index contributed by atoms with van der Waals surface area (Å²) in [5.74, 6) is -0.491. The summed E-state index contributed by atoms with van der Waals surface area (Å²) in [5, 5.41) is 4.52. The normalized spacial score (nSPS) is 19.0. The maximum atomic E-state index is 13.0. The first kappa shape index (κ1) is 18.2. The van der Waals surface area contributed by atoms with Crippen molar-refractivity contribution in [3.05, 3.63) is 40.6 Å².